The third-order valence-electron chi connectivity index (χ3n) is 4.85. The van der Waals surface area contributed by atoms with Crippen LogP contribution in [-0.4, -0.2) is 37.2 Å². The highest BCUT2D eigenvalue weighted by Crippen LogP contribution is 2.48. The highest BCUT2D eigenvalue weighted by molar-refractivity contribution is 7.91. The van der Waals surface area contributed by atoms with Crippen LogP contribution in [0, 0.1) is 5.41 Å². The maximum absolute atomic E-state index is 11.8. The third kappa shape index (κ3) is 1.91. The Balaban J connectivity index is 1.99. The van der Waals surface area contributed by atoms with Crippen LogP contribution in [0.5, 0.6) is 0 Å². The number of sulfone groups is 1. The summed E-state index contributed by atoms with van der Waals surface area (Å²) < 4.78 is 23.6. The standard InChI is InChI=1S/C14H19NO3S/c15-9-13(5-6-19(17,18)10-13)14(16)7-11-3-1-2-4-12(11)8-14/h1-4,16H,5-10,15H2. The topological polar surface area (TPSA) is 80.4 Å². The van der Waals surface area contributed by atoms with E-state index in [1.165, 1.54) is 0 Å². The Labute approximate surface area is 113 Å². The van der Waals surface area contributed by atoms with Gasteiger partial charge in [-0.3, -0.25) is 0 Å². The van der Waals surface area contributed by atoms with Crippen molar-refractivity contribution in [3.8, 4) is 0 Å². The molecule has 1 aromatic carbocycles. The van der Waals surface area contributed by atoms with E-state index in [1.807, 2.05) is 24.3 Å². The monoisotopic (exact) mass is 281 g/mol. The minimum atomic E-state index is -3.07. The second-order valence-corrected chi connectivity index (χ2v) is 8.16. The predicted octanol–water partition coefficient (Wildman–Crippen LogP) is 0.280. The molecule has 2 aliphatic rings. The van der Waals surface area contributed by atoms with E-state index in [-0.39, 0.29) is 18.1 Å². The van der Waals surface area contributed by atoms with Crippen molar-refractivity contribution < 1.29 is 13.5 Å². The molecular formula is C14H19NO3S. The Bertz CT molecular complexity index is 586. The van der Waals surface area contributed by atoms with Gasteiger partial charge >= 0.3 is 0 Å². The first kappa shape index (κ1) is 13.1. The summed E-state index contributed by atoms with van der Waals surface area (Å²) in [5.41, 5.74) is 6.38. The van der Waals surface area contributed by atoms with Crippen molar-refractivity contribution in [1.82, 2.24) is 0 Å². The zero-order chi connectivity index (χ0) is 13.7. The SMILES string of the molecule is NCC1(C2(O)Cc3ccccc3C2)CCS(=O)(=O)C1. The fourth-order valence-corrected chi connectivity index (χ4v) is 5.82. The van der Waals surface area contributed by atoms with Crippen LogP contribution in [0.15, 0.2) is 24.3 Å². The Hall–Kier alpha value is -0.910. The largest absolute Gasteiger partial charge is 0.389 e. The summed E-state index contributed by atoms with van der Waals surface area (Å²) >= 11 is 0. The molecule has 1 fully saturated rings. The number of fused-ring (bicyclic) bond motifs is 1. The first-order valence-corrected chi connectivity index (χ1v) is 8.42. The van der Waals surface area contributed by atoms with Gasteiger partial charge in [0.15, 0.2) is 9.84 Å². The molecule has 0 radical (unpaired) electrons. The summed E-state index contributed by atoms with van der Waals surface area (Å²) in [6, 6.07) is 7.90. The lowest BCUT2D eigenvalue weighted by atomic mass is 9.69. The molecule has 0 spiro atoms. The summed E-state index contributed by atoms with van der Waals surface area (Å²) in [6.45, 7) is 0.219. The Kier molecular flexibility index (Phi) is 2.78. The molecule has 1 atom stereocenters. The van der Waals surface area contributed by atoms with Gasteiger partial charge in [-0.2, -0.15) is 0 Å². The second kappa shape index (κ2) is 4.04. The molecule has 104 valence electrons. The van der Waals surface area contributed by atoms with Gasteiger partial charge in [0.05, 0.1) is 17.1 Å². The Morgan fingerprint density at radius 3 is 2.21 bits per heavy atom. The van der Waals surface area contributed by atoms with Crippen LogP contribution in [-0.2, 0) is 22.7 Å². The molecule has 1 aliphatic heterocycles. The van der Waals surface area contributed by atoms with E-state index >= 15 is 0 Å². The Morgan fingerprint density at radius 2 is 1.79 bits per heavy atom. The lowest BCUT2D eigenvalue weighted by Crippen LogP contribution is -2.54. The van der Waals surface area contributed by atoms with Crippen LogP contribution in [0.1, 0.15) is 17.5 Å². The average molecular weight is 281 g/mol. The molecule has 3 rings (SSSR count). The van der Waals surface area contributed by atoms with Gasteiger partial charge in [-0.15, -0.1) is 0 Å². The van der Waals surface area contributed by atoms with E-state index < -0.39 is 20.9 Å². The highest BCUT2D eigenvalue weighted by atomic mass is 32.2. The van der Waals surface area contributed by atoms with Crippen LogP contribution in [0.2, 0.25) is 0 Å². The molecule has 1 heterocycles. The fraction of sp³-hybridized carbons (Fsp3) is 0.571. The van der Waals surface area contributed by atoms with Crippen LogP contribution in [0.4, 0.5) is 0 Å². The number of aliphatic hydroxyl groups is 1. The third-order valence-corrected chi connectivity index (χ3v) is 6.67. The van der Waals surface area contributed by atoms with Crippen molar-refractivity contribution in [3.05, 3.63) is 35.4 Å². The molecule has 1 saturated heterocycles. The van der Waals surface area contributed by atoms with Gasteiger partial charge in [0.25, 0.3) is 0 Å². The summed E-state index contributed by atoms with van der Waals surface area (Å²) in [5.74, 6) is 0.157. The van der Waals surface area contributed by atoms with Gasteiger partial charge in [0, 0.05) is 24.8 Å². The molecule has 1 aromatic rings. The van der Waals surface area contributed by atoms with E-state index in [9.17, 15) is 13.5 Å². The maximum atomic E-state index is 11.8. The van der Waals surface area contributed by atoms with Gasteiger partial charge in [-0.05, 0) is 17.5 Å². The van der Waals surface area contributed by atoms with Crippen molar-refractivity contribution in [1.29, 1.82) is 0 Å². The molecule has 4 nitrogen and oxygen atoms in total. The Morgan fingerprint density at radius 1 is 1.21 bits per heavy atom. The van der Waals surface area contributed by atoms with Gasteiger partial charge in [-0.1, -0.05) is 24.3 Å². The minimum absolute atomic E-state index is 0.0149. The van der Waals surface area contributed by atoms with Crippen molar-refractivity contribution in [2.24, 2.45) is 11.1 Å². The molecule has 0 aromatic heterocycles. The summed E-state index contributed by atoms with van der Waals surface area (Å²) in [6.07, 6.45) is 1.49. The summed E-state index contributed by atoms with van der Waals surface area (Å²) in [5, 5.41) is 11.1. The van der Waals surface area contributed by atoms with Crippen LogP contribution in [0.25, 0.3) is 0 Å². The lowest BCUT2D eigenvalue weighted by molar-refractivity contribution is -0.0592. The first-order valence-electron chi connectivity index (χ1n) is 6.59. The smallest absolute Gasteiger partial charge is 0.151 e. The quantitative estimate of drug-likeness (QED) is 0.816. The van der Waals surface area contributed by atoms with E-state index in [0.29, 0.717) is 19.3 Å². The summed E-state index contributed by atoms with van der Waals surface area (Å²) in [7, 11) is -3.07. The van der Waals surface area contributed by atoms with Crippen LogP contribution < -0.4 is 5.73 Å². The molecule has 1 unspecified atom stereocenters. The van der Waals surface area contributed by atoms with Gasteiger partial charge in [0.1, 0.15) is 0 Å². The van der Waals surface area contributed by atoms with Crippen molar-refractivity contribution in [3.63, 3.8) is 0 Å². The normalized spacial score (nSPS) is 31.3. The van der Waals surface area contributed by atoms with E-state index in [0.717, 1.165) is 11.1 Å². The van der Waals surface area contributed by atoms with Crippen LogP contribution >= 0.6 is 0 Å². The predicted molar refractivity (Wildman–Crippen MR) is 73.6 cm³/mol. The number of benzene rings is 1. The number of hydrogen-bond donors (Lipinski definition) is 2. The van der Waals surface area contributed by atoms with E-state index in [4.69, 9.17) is 5.73 Å². The lowest BCUT2D eigenvalue weighted by Gasteiger charge is -2.41. The van der Waals surface area contributed by atoms with Gasteiger partial charge in [0.2, 0.25) is 0 Å². The molecule has 0 bridgehead atoms. The van der Waals surface area contributed by atoms with E-state index in [2.05, 4.69) is 0 Å². The zero-order valence-corrected chi connectivity index (χ0v) is 11.6. The second-order valence-electron chi connectivity index (χ2n) is 5.98. The molecular weight excluding hydrogens is 262 g/mol. The molecule has 0 saturated carbocycles. The first-order chi connectivity index (χ1) is 8.90. The zero-order valence-electron chi connectivity index (χ0n) is 10.8. The molecule has 3 N–H and O–H groups in total. The minimum Gasteiger partial charge on any atom is -0.389 e. The van der Waals surface area contributed by atoms with Crippen LogP contribution in [0.3, 0.4) is 0 Å². The molecule has 19 heavy (non-hydrogen) atoms. The molecule has 1 aliphatic carbocycles. The van der Waals surface area contributed by atoms with Crippen molar-refractivity contribution in [2.45, 2.75) is 24.9 Å². The number of rotatable bonds is 2. The van der Waals surface area contributed by atoms with Gasteiger partial charge < -0.3 is 10.8 Å². The highest BCUT2D eigenvalue weighted by Gasteiger charge is 2.57. The summed E-state index contributed by atoms with van der Waals surface area (Å²) in [4.78, 5) is 0. The molecule has 5 heteroatoms. The number of hydrogen-bond acceptors (Lipinski definition) is 4. The number of nitrogens with two attached hydrogens (primary N) is 1. The molecule has 0 amide bonds. The van der Waals surface area contributed by atoms with E-state index in [1.54, 1.807) is 0 Å². The average Bonchev–Trinajstić information content (AvgIpc) is 2.87. The van der Waals surface area contributed by atoms with Gasteiger partial charge in [-0.25, -0.2) is 8.42 Å². The van der Waals surface area contributed by atoms with Crippen molar-refractivity contribution in [2.75, 3.05) is 18.1 Å². The fourth-order valence-electron chi connectivity index (χ4n) is 3.60. The van der Waals surface area contributed by atoms with Crippen molar-refractivity contribution >= 4 is 9.84 Å². The maximum Gasteiger partial charge on any atom is 0.151 e.